The van der Waals surface area contributed by atoms with Gasteiger partial charge < -0.3 is 5.32 Å². The van der Waals surface area contributed by atoms with Crippen molar-refractivity contribution >= 4 is 17.7 Å². The van der Waals surface area contributed by atoms with Gasteiger partial charge in [-0.25, -0.2) is 0 Å². The fraction of sp³-hybridized carbons (Fsp3) is 0.571. The largest absolute Gasteiger partial charge is 0.352 e. The van der Waals surface area contributed by atoms with Crippen molar-refractivity contribution in [1.29, 1.82) is 0 Å². The average molecular weight is 346 g/mol. The summed E-state index contributed by atoms with van der Waals surface area (Å²) in [6.45, 7) is 3.06. The minimum absolute atomic E-state index is 0.177. The number of carbonyl (C=O) groups excluding carboxylic acids is 1. The number of hydrogen-bond acceptors (Lipinski definition) is 2. The van der Waals surface area contributed by atoms with Gasteiger partial charge in [-0.1, -0.05) is 69.4 Å². The van der Waals surface area contributed by atoms with Gasteiger partial charge >= 0.3 is 0 Å². The minimum atomic E-state index is 0.177. The zero-order valence-corrected chi connectivity index (χ0v) is 15.8. The Kier molecular flexibility index (Phi) is 9.04. The third kappa shape index (κ3) is 6.72. The molecule has 0 aliphatic heterocycles. The molecule has 1 aliphatic carbocycles. The summed E-state index contributed by atoms with van der Waals surface area (Å²) in [7, 11) is 0. The number of rotatable bonds is 11. The lowest BCUT2D eigenvalue weighted by Crippen LogP contribution is -2.25. The second-order valence-electron chi connectivity index (χ2n) is 6.55. The molecule has 24 heavy (non-hydrogen) atoms. The second kappa shape index (κ2) is 11.4. The molecule has 132 valence electrons. The van der Waals surface area contributed by atoms with Gasteiger partial charge in [-0.3, -0.25) is 4.79 Å². The molecule has 0 spiro atoms. The third-order valence-electron chi connectivity index (χ3n) is 4.51. The molecule has 1 N–H and O–H groups in total. The predicted octanol–water partition coefficient (Wildman–Crippen LogP) is 5.83. The Labute approximate surface area is 151 Å². The molecule has 0 fully saturated rings. The maximum absolute atomic E-state index is 12.4. The molecule has 0 aromatic heterocycles. The highest BCUT2D eigenvalue weighted by Gasteiger charge is 2.20. The highest BCUT2D eigenvalue weighted by atomic mass is 32.2. The Morgan fingerprint density at radius 3 is 2.58 bits per heavy atom. The maximum atomic E-state index is 12.4. The van der Waals surface area contributed by atoms with E-state index < -0.39 is 0 Å². The molecule has 0 heterocycles. The Hall–Kier alpha value is -1.22. The molecule has 0 bridgehead atoms. The van der Waals surface area contributed by atoms with Crippen LogP contribution >= 0.6 is 11.8 Å². The molecule has 2 rings (SSSR count). The summed E-state index contributed by atoms with van der Waals surface area (Å²) in [5, 5.41) is 3.13. The van der Waals surface area contributed by atoms with Crippen LogP contribution in [0.2, 0.25) is 0 Å². The van der Waals surface area contributed by atoms with E-state index >= 15 is 0 Å². The van der Waals surface area contributed by atoms with Crippen LogP contribution < -0.4 is 5.32 Å². The number of allylic oxidation sites excluding steroid dienone is 1. The first kappa shape index (κ1) is 19.1. The molecule has 1 aliphatic rings. The van der Waals surface area contributed by atoms with E-state index in [0.29, 0.717) is 0 Å². The molecule has 2 nitrogen and oxygen atoms in total. The Balaban J connectivity index is 1.71. The molecule has 1 amide bonds. The molecular formula is C21H31NOS. The standard InChI is InChI=1S/C21H31NOS/c1-2-3-4-5-6-10-16-22-21(23)19-14-11-15-20(19)24-17-18-12-8-7-9-13-18/h7-9,12-13H,2-6,10-11,14-17H2,1H3,(H,22,23). The van der Waals surface area contributed by atoms with Crippen LogP contribution in [0.15, 0.2) is 40.8 Å². The Morgan fingerprint density at radius 2 is 1.79 bits per heavy atom. The van der Waals surface area contributed by atoms with Crippen molar-refractivity contribution in [2.75, 3.05) is 6.54 Å². The normalized spacial score (nSPS) is 14.2. The number of nitrogens with one attached hydrogen (secondary N) is 1. The molecule has 0 unspecified atom stereocenters. The van der Waals surface area contributed by atoms with Gasteiger partial charge in [0.05, 0.1) is 0 Å². The first-order valence-corrected chi connectivity index (χ1v) is 10.5. The number of hydrogen-bond donors (Lipinski definition) is 1. The van der Waals surface area contributed by atoms with E-state index in [-0.39, 0.29) is 5.91 Å². The van der Waals surface area contributed by atoms with Crippen molar-refractivity contribution in [2.24, 2.45) is 0 Å². The average Bonchev–Trinajstić information content (AvgIpc) is 3.08. The topological polar surface area (TPSA) is 29.1 Å². The van der Waals surface area contributed by atoms with Crippen LogP contribution in [0.1, 0.15) is 70.3 Å². The van der Waals surface area contributed by atoms with Crippen LogP contribution in [-0.2, 0) is 10.5 Å². The van der Waals surface area contributed by atoms with Gasteiger partial charge in [0, 0.05) is 17.9 Å². The van der Waals surface area contributed by atoms with Crippen LogP contribution in [-0.4, -0.2) is 12.5 Å². The summed E-state index contributed by atoms with van der Waals surface area (Å²) in [5.74, 6) is 1.14. The first-order chi connectivity index (χ1) is 11.8. The molecule has 3 heteroatoms. The third-order valence-corrected chi connectivity index (χ3v) is 5.79. The van der Waals surface area contributed by atoms with Gasteiger partial charge in [0.1, 0.15) is 0 Å². The maximum Gasteiger partial charge on any atom is 0.247 e. The summed E-state index contributed by atoms with van der Waals surface area (Å²) in [4.78, 5) is 13.7. The number of thioether (sulfide) groups is 1. The van der Waals surface area contributed by atoms with Gasteiger partial charge in [-0.15, -0.1) is 11.8 Å². The molecular weight excluding hydrogens is 314 g/mol. The van der Waals surface area contributed by atoms with Crippen molar-refractivity contribution in [1.82, 2.24) is 5.32 Å². The van der Waals surface area contributed by atoms with Crippen LogP contribution in [0.5, 0.6) is 0 Å². The van der Waals surface area contributed by atoms with Gasteiger partial charge in [-0.05, 0) is 36.2 Å². The lowest BCUT2D eigenvalue weighted by molar-refractivity contribution is -0.117. The lowest BCUT2D eigenvalue weighted by atomic mass is 10.1. The van der Waals surface area contributed by atoms with E-state index in [0.717, 1.165) is 43.6 Å². The summed E-state index contributed by atoms with van der Waals surface area (Å²) in [6.07, 6.45) is 10.7. The van der Waals surface area contributed by atoms with E-state index in [1.54, 1.807) is 0 Å². The Bertz CT molecular complexity index is 524. The van der Waals surface area contributed by atoms with Crippen molar-refractivity contribution in [3.05, 3.63) is 46.4 Å². The second-order valence-corrected chi connectivity index (χ2v) is 7.62. The highest BCUT2D eigenvalue weighted by Crippen LogP contribution is 2.36. The summed E-state index contributed by atoms with van der Waals surface area (Å²) in [5.41, 5.74) is 2.37. The fourth-order valence-corrected chi connectivity index (χ4v) is 4.27. The van der Waals surface area contributed by atoms with Gasteiger partial charge in [0.25, 0.3) is 0 Å². The summed E-state index contributed by atoms with van der Waals surface area (Å²) >= 11 is 1.85. The van der Waals surface area contributed by atoms with Crippen LogP contribution in [0.25, 0.3) is 0 Å². The van der Waals surface area contributed by atoms with Crippen LogP contribution in [0.4, 0.5) is 0 Å². The quantitative estimate of drug-likeness (QED) is 0.511. The highest BCUT2D eigenvalue weighted by molar-refractivity contribution is 8.02. The lowest BCUT2D eigenvalue weighted by Gasteiger charge is -2.09. The van der Waals surface area contributed by atoms with E-state index in [4.69, 9.17) is 0 Å². The van der Waals surface area contributed by atoms with E-state index in [1.807, 2.05) is 17.8 Å². The monoisotopic (exact) mass is 345 g/mol. The zero-order chi connectivity index (χ0) is 17.0. The van der Waals surface area contributed by atoms with E-state index in [1.165, 1.54) is 42.6 Å². The molecule has 0 saturated heterocycles. The molecule has 1 aromatic carbocycles. The zero-order valence-electron chi connectivity index (χ0n) is 15.0. The smallest absolute Gasteiger partial charge is 0.247 e. The van der Waals surface area contributed by atoms with Gasteiger partial charge in [0.2, 0.25) is 5.91 Å². The van der Waals surface area contributed by atoms with Gasteiger partial charge in [0.15, 0.2) is 0 Å². The summed E-state index contributed by atoms with van der Waals surface area (Å²) in [6, 6.07) is 10.5. The minimum Gasteiger partial charge on any atom is -0.352 e. The number of unbranched alkanes of at least 4 members (excludes halogenated alkanes) is 5. The number of amides is 1. The molecule has 0 radical (unpaired) electrons. The van der Waals surface area contributed by atoms with Crippen molar-refractivity contribution in [3.8, 4) is 0 Å². The molecule has 0 atom stereocenters. The van der Waals surface area contributed by atoms with Crippen molar-refractivity contribution in [2.45, 2.75) is 70.5 Å². The van der Waals surface area contributed by atoms with Gasteiger partial charge in [-0.2, -0.15) is 0 Å². The predicted molar refractivity (Wildman–Crippen MR) is 105 cm³/mol. The number of benzene rings is 1. The van der Waals surface area contributed by atoms with Crippen molar-refractivity contribution < 1.29 is 4.79 Å². The van der Waals surface area contributed by atoms with Crippen LogP contribution in [0, 0.1) is 0 Å². The fourth-order valence-electron chi connectivity index (χ4n) is 3.07. The first-order valence-electron chi connectivity index (χ1n) is 9.48. The number of carbonyl (C=O) groups is 1. The van der Waals surface area contributed by atoms with E-state index in [9.17, 15) is 4.79 Å². The summed E-state index contributed by atoms with van der Waals surface area (Å²) < 4.78 is 0. The van der Waals surface area contributed by atoms with Crippen molar-refractivity contribution in [3.63, 3.8) is 0 Å². The van der Waals surface area contributed by atoms with E-state index in [2.05, 4.69) is 36.5 Å². The molecule has 0 saturated carbocycles. The SMILES string of the molecule is CCCCCCCCNC(=O)C1=C(SCc2ccccc2)CCC1. The van der Waals surface area contributed by atoms with Crippen LogP contribution in [0.3, 0.4) is 0 Å². The Morgan fingerprint density at radius 1 is 1.04 bits per heavy atom. The molecule has 1 aromatic rings.